The van der Waals surface area contributed by atoms with Crippen LogP contribution in [0.25, 0.3) is 0 Å². The van der Waals surface area contributed by atoms with Crippen LogP contribution in [0, 0.1) is 0 Å². The van der Waals surface area contributed by atoms with Gasteiger partial charge in [-0.1, -0.05) is 30.2 Å². The maximum absolute atomic E-state index is 12.9. The van der Waals surface area contributed by atoms with E-state index in [0.717, 1.165) is 37.4 Å². The quantitative estimate of drug-likeness (QED) is 0.924. The lowest BCUT2D eigenvalue weighted by atomic mass is 9.94. The molecule has 1 aromatic heterocycles. The van der Waals surface area contributed by atoms with Crippen LogP contribution in [0.4, 0.5) is 5.82 Å². The van der Waals surface area contributed by atoms with Crippen molar-refractivity contribution in [1.29, 1.82) is 0 Å². The second-order valence-corrected chi connectivity index (χ2v) is 6.51. The van der Waals surface area contributed by atoms with Gasteiger partial charge in [0.1, 0.15) is 5.82 Å². The number of nitrogens with one attached hydrogen (secondary N) is 1. The molecule has 6 heteroatoms. The highest BCUT2D eigenvalue weighted by Gasteiger charge is 2.24. The van der Waals surface area contributed by atoms with Crippen molar-refractivity contribution in [2.75, 3.05) is 25.5 Å². The number of carbonyl (C=O) groups excluding carboxylic acids is 1. The molecule has 24 heavy (non-hydrogen) atoms. The number of aromatic nitrogens is 2. The molecule has 2 aromatic rings. The normalized spacial score (nSPS) is 18.1. The SMILES string of the molecule is CNc1cc(C(=O)N2CCCCC(c3ccc(Cl)cc3)C2)cnn1. The highest BCUT2D eigenvalue weighted by Crippen LogP contribution is 2.28. The van der Waals surface area contributed by atoms with Gasteiger partial charge >= 0.3 is 0 Å². The maximum Gasteiger partial charge on any atom is 0.255 e. The first-order valence-electron chi connectivity index (χ1n) is 8.22. The molecule has 2 heterocycles. The van der Waals surface area contributed by atoms with Crippen LogP contribution in [0.15, 0.2) is 36.5 Å². The first kappa shape index (κ1) is 16.7. The molecule has 0 spiro atoms. The molecule has 0 aliphatic carbocycles. The van der Waals surface area contributed by atoms with Crippen molar-refractivity contribution in [3.05, 3.63) is 52.7 Å². The Kier molecular flexibility index (Phi) is 5.30. The molecule has 1 N–H and O–H groups in total. The Balaban J connectivity index is 1.79. The van der Waals surface area contributed by atoms with Crippen molar-refractivity contribution in [1.82, 2.24) is 15.1 Å². The summed E-state index contributed by atoms with van der Waals surface area (Å²) in [6, 6.07) is 9.71. The Morgan fingerprint density at radius 1 is 1.29 bits per heavy atom. The average Bonchev–Trinajstić information content (AvgIpc) is 2.88. The number of benzene rings is 1. The fourth-order valence-corrected chi connectivity index (χ4v) is 3.25. The summed E-state index contributed by atoms with van der Waals surface area (Å²) in [6.07, 6.45) is 4.76. The van der Waals surface area contributed by atoms with Crippen LogP contribution in [0.3, 0.4) is 0 Å². The monoisotopic (exact) mass is 344 g/mol. The molecular formula is C18H21ClN4O. The molecule has 1 unspecified atom stereocenters. The summed E-state index contributed by atoms with van der Waals surface area (Å²) in [6.45, 7) is 1.50. The number of hydrogen-bond acceptors (Lipinski definition) is 4. The average molecular weight is 345 g/mol. The number of amides is 1. The highest BCUT2D eigenvalue weighted by atomic mass is 35.5. The van der Waals surface area contributed by atoms with Crippen molar-refractivity contribution in [3.63, 3.8) is 0 Å². The molecule has 0 bridgehead atoms. The number of halogens is 1. The Labute approximate surface area is 147 Å². The van der Waals surface area contributed by atoms with E-state index < -0.39 is 0 Å². The minimum Gasteiger partial charge on any atom is -0.372 e. The zero-order valence-corrected chi connectivity index (χ0v) is 14.5. The van der Waals surface area contributed by atoms with Crippen molar-refractivity contribution in [2.24, 2.45) is 0 Å². The van der Waals surface area contributed by atoms with E-state index in [2.05, 4.69) is 27.6 Å². The summed E-state index contributed by atoms with van der Waals surface area (Å²) in [5, 5.41) is 11.5. The van der Waals surface area contributed by atoms with Gasteiger partial charge in [-0.25, -0.2) is 0 Å². The Bertz CT molecular complexity index is 704. The molecule has 1 atom stereocenters. The summed E-state index contributed by atoms with van der Waals surface area (Å²) >= 11 is 5.99. The van der Waals surface area contributed by atoms with Gasteiger partial charge < -0.3 is 10.2 Å². The third-order valence-corrected chi connectivity index (χ3v) is 4.71. The zero-order valence-electron chi connectivity index (χ0n) is 13.7. The largest absolute Gasteiger partial charge is 0.372 e. The van der Waals surface area contributed by atoms with E-state index in [0.29, 0.717) is 17.3 Å². The van der Waals surface area contributed by atoms with Gasteiger partial charge in [-0.3, -0.25) is 4.79 Å². The fraction of sp³-hybridized carbons (Fsp3) is 0.389. The fourth-order valence-electron chi connectivity index (χ4n) is 3.12. The predicted molar refractivity (Wildman–Crippen MR) is 95.5 cm³/mol. The van der Waals surface area contributed by atoms with Gasteiger partial charge in [-0.05, 0) is 36.6 Å². The number of rotatable bonds is 3. The lowest BCUT2D eigenvalue weighted by Gasteiger charge is -2.25. The van der Waals surface area contributed by atoms with Crippen LogP contribution in [0.1, 0.15) is 41.1 Å². The zero-order chi connectivity index (χ0) is 16.9. The van der Waals surface area contributed by atoms with Crippen LogP contribution in [-0.2, 0) is 0 Å². The molecule has 1 aromatic carbocycles. The number of carbonyl (C=O) groups is 1. The molecule has 5 nitrogen and oxygen atoms in total. The summed E-state index contributed by atoms with van der Waals surface area (Å²) in [7, 11) is 1.76. The van der Waals surface area contributed by atoms with E-state index in [4.69, 9.17) is 11.6 Å². The Morgan fingerprint density at radius 2 is 2.08 bits per heavy atom. The van der Waals surface area contributed by atoms with Crippen molar-refractivity contribution in [2.45, 2.75) is 25.2 Å². The number of nitrogens with zero attached hydrogens (tertiary/aromatic N) is 3. The summed E-state index contributed by atoms with van der Waals surface area (Å²) < 4.78 is 0. The highest BCUT2D eigenvalue weighted by molar-refractivity contribution is 6.30. The molecular weight excluding hydrogens is 324 g/mol. The summed E-state index contributed by atoms with van der Waals surface area (Å²) in [4.78, 5) is 14.8. The van der Waals surface area contributed by atoms with Gasteiger partial charge in [0.2, 0.25) is 0 Å². The molecule has 0 radical (unpaired) electrons. The number of likely N-dealkylation sites (tertiary alicyclic amines) is 1. The predicted octanol–water partition coefficient (Wildman–Crippen LogP) is 3.58. The van der Waals surface area contributed by atoms with Crippen LogP contribution >= 0.6 is 11.6 Å². The van der Waals surface area contributed by atoms with Crippen LogP contribution in [0.5, 0.6) is 0 Å². The first-order chi connectivity index (χ1) is 11.7. The molecule has 0 saturated carbocycles. The van der Waals surface area contributed by atoms with Gasteiger partial charge in [0.15, 0.2) is 0 Å². The van der Waals surface area contributed by atoms with E-state index in [1.54, 1.807) is 13.1 Å². The topological polar surface area (TPSA) is 58.1 Å². The second-order valence-electron chi connectivity index (χ2n) is 6.07. The van der Waals surface area contributed by atoms with Gasteiger partial charge in [-0.15, -0.1) is 5.10 Å². The maximum atomic E-state index is 12.9. The standard InChI is InChI=1S/C18H21ClN4O/c1-20-17-10-15(11-21-22-17)18(24)23-9-3-2-4-14(12-23)13-5-7-16(19)8-6-13/h5-8,10-11,14H,2-4,9,12H2,1H3,(H,20,22). The van der Waals surface area contributed by atoms with Gasteiger partial charge in [0.25, 0.3) is 5.91 Å². The third kappa shape index (κ3) is 3.85. The minimum atomic E-state index is 0.0160. The molecule has 1 aliphatic rings. The van der Waals surface area contributed by atoms with Gasteiger partial charge in [0.05, 0.1) is 11.8 Å². The van der Waals surface area contributed by atoms with E-state index in [9.17, 15) is 4.79 Å². The van der Waals surface area contributed by atoms with Crippen molar-refractivity contribution >= 4 is 23.3 Å². The van der Waals surface area contributed by atoms with E-state index in [1.165, 1.54) is 11.8 Å². The molecule has 1 amide bonds. The molecule has 1 fully saturated rings. The summed E-state index contributed by atoms with van der Waals surface area (Å²) in [5.74, 6) is 0.958. The lowest BCUT2D eigenvalue weighted by Crippen LogP contribution is -2.34. The van der Waals surface area contributed by atoms with Crippen LogP contribution in [0.2, 0.25) is 5.02 Å². The van der Waals surface area contributed by atoms with E-state index in [-0.39, 0.29) is 5.91 Å². The van der Waals surface area contributed by atoms with E-state index >= 15 is 0 Å². The van der Waals surface area contributed by atoms with Crippen molar-refractivity contribution in [3.8, 4) is 0 Å². The smallest absolute Gasteiger partial charge is 0.255 e. The molecule has 1 aliphatic heterocycles. The van der Waals surface area contributed by atoms with Crippen molar-refractivity contribution < 1.29 is 4.79 Å². The second kappa shape index (κ2) is 7.62. The number of anilines is 1. The van der Waals surface area contributed by atoms with Crippen LogP contribution < -0.4 is 5.32 Å². The Morgan fingerprint density at radius 3 is 2.83 bits per heavy atom. The first-order valence-corrected chi connectivity index (χ1v) is 8.60. The lowest BCUT2D eigenvalue weighted by molar-refractivity contribution is 0.0754. The van der Waals surface area contributed by atoms with Gasteiger partial charge in [0, 0.05) is 31.1 Å². The van der Waals surface area contributed by atoms with Crippen LogP contribution in [-0.4, -0.2) is 41.1 Å². The minimum absolute atomic E-state index is 0.0160. The van der Waals surface area contributed by atoms with Gasteiger partial charge in [-0.2, -0.15) is 5.10 Å². The van der Waals surface area contributed by atoms with E-state index in [1.807, 2.05) is 17.0 Å². The Hall–Kier alpha value is -2.14. The third-order valence-electron chi connectivity index (χ3n) is 4.46. The molecule has 126 valence electrons. The number of hydrogen-bond donors (Lipinski definition) is 1. The molecule has 1 saturated heterocycles. The summed E-state index contributed by atoms with van der Waals surface area (Å²) in [5.41, 5.74) is 1.81. The molecule has 3 rings (SSSR count).